The van der Waals surface area contributed by atoms with E-state index in [-0.39, 0.29) is 12.2 Å². The molecule has 1 N–H and O–H groups in total. The van der Waals surface area contributed by atoms with Crippen molar-refractivity contribution in [1.29, 1.82) is 0 Å². The molecule has 0 spiro atoms. The normalized spacial score (nSPS) is 11.6. The molecule has 0 saturated carbocycles. The lowest BCUT2D eigenvalue weighted by Crippen LogP contribution is -2.17. The van der Waals surface area contributed by atoms with Crippen molar-refractivity contribution < 1.29 is 27.8 Å². The summed E-state index contributed by atoms with van der Waals surface area (Å²) in [4.78, 5) is 11.6. The Kier molecular flexibility index (Phi) is 6.84. The van der Waals surface area contributed by atoms with Crippen LogP contribution >= 0.6 is 27.7 Å². The fourth-order valence-electron chi connectivity index (χ4n) is 1.32. The predicted molar refractivity (Wildman–Crippen MR) is 73.3 cm³/mol. The summed E-state index contributed by atoms with van der Waals surface area (Å²) < 4.78 is 40.7. The Bertz CT molecular complexity index is 466. The number of rotatable bonds is 7. The SMILES string of the molecule is O=C(O)c1ccc(Br)cc1SCCCOCC(F)(F)F. The Hall–Kier alpha value is -0.730. The molecule has 0 saturated heterocycles. The molecule has 1 rings (SSSR count). The number of ether oxygens (including phenoxy) is 1. The third kappa shape index (κ3) is 6.62. The van der Waals surface area contributed by atoms with Crippen LogP contribution in [0.4, 0.5) is 13.2 Å². The summed E-state index contributed by atoms with van der Waals surface area (Å²) in [5, 5.41) is 9.01. The van der Waals surface area contributed by atoms with Gasteiger partial charge in [0.25, 0.3) is 0 Å². The lowest BCUT2D eigenvalue weighted by molar-refractivity contribution is -0.173. The third-order valence-electron chi connectivity index (χ3n) is 2.13. The average molecular weight is 373 g/mol. The molecule has 0 amide bonds. The van der Waals surface area contributed by atoms with Crippen LogP contribution in [-0.2, 0) is 4.74 Å². The summed E-state index contributed by atoms with van der Waals surface area (Å²) in [6, 6.07) is 4.78. The van der Waals surface area contributed by atoms with Gasteiger partial charge in [0.15, 0.2) is 0 Å². The van der Waals surface area contributed by atoms with Gasteiger partial charge in [0.1, 0.15) is 6.61 Å². The van der Waals surface area contributed by atoms with E-state index in [1.807, 2.05) is 0 Å². The fraction of sp³-hybridized carbons (Fsp3) is 0.417. The molecule has 0 aliphatic heterocycles. The number of carbonyl (C=O) groups is 1. The molecule has 20 heavy (non-hydrogen) atoms. The largest absolute Gasteiger partial charge is 0.478 e. The van der Waals surface area contributed by atoms with Gasteiger partial charge in [-0.05, 0) is 24.6 Å². The van der Waals surface area contributed by atoms with E-state index in [0.29, 0.717) is 17.1 Å². The van der Waals surface area contributed by atoms with Gasteiger partial charge in [-0.15, -0.1) is 11.8 Å². The van der Waals surface area contributed by atoms with Crippen LogP contribution in [0.3, 0.4) is 0 Å². The lowest BCUT2D eigenvalue weighted by atomic mass is 10.2. The molecule has 1 aromatic carbocycles. The zero-order valence-electron chi connectivity index (χ0n) is 10.2. The fourth-order valence-corrected chi connectivity index (χ4v) is 2.84. The van der Waals surface area contributed by atoms with Gasteiger partial charge in [-0.2, -0.15) is 13.2 Å². The van der Waals surface area contributed by atoms with Crippen molar-refractivity contribution in [3.8, 4) is 0 Å². The van der Waals surface area contributed by atoms with Crippen LogP contribution in [0.5, 0.6) is 0 Å². The van der Waals surface area contributed by atoms with Crippen molar-refractivity contribution in [1.82, 2.24) is 0 Å². The Morgan fingerprint density at radius 2 is 2.10 bits per heavy atom. The number of halogens is 4. The molecule has 112 valence electrons. The van der Waals surface area contributed by atoms with Crippen LogP contribution in [0.25, 0.3) is 0 Å². The van der Waals surface area contributed by atoms with E-state index in [9.17, 15) is 18.0 Å². The van der Waals surface area contributed by atoms with Crippen LogP contribution in [0.2, 0.25) is 0 Å². The zero-order chi connectivity index (χ0) is 15.2. The standard InChI is InChI=1S/C12H12BrF3O3S/c13-8-2-3-9(11(17)18)10(6-8)20-5-1-4-19-7-12(14,15)16/h2-3,6H,1,4-5,7H2,(H,17,18). The summed E-state index contributed by atoms with van der Waals surface area (Å²) in [5.74, 6) is -0.553. The van der Waals surface area contributed by atoms with Gasteiger partial charge in [-0.25, -0.2) is 4.79 Å². The Morgan fingerprint density at radius 3 is 2.70 bits per heavy atom. The molecule has 1 aromatic rings. The smallest absolute Gasteiger partial charge is 0.411 e. The van der Waals surface area contributed by atoms with Gasteiger partial charge >= 0.3 is 12.1 Å². The predicted octanol–water partition coefficient (Wildman–Crippen LogP) is 4.21. The van der Waals surface area contributed by atoms with Crippen molar-refractivity contribution in [2.45, 2.75) is 17.5 Å². The Balaban J connectivity index is 2.38. The highest BCUT2D eigenvalue weighted by Crippen LogP contribution is 2.27. The molecule has 0 atom stereocenters. The molecule has 0 radical (unpaired) electrons. The maximum atomic E-state index is 11.8. The maximum Gasteiger partial charge on any atom is 0.411 e. The summed E-state index contributed by atoms with van der Waals surface area (Å²) in [6.45, 7) is -1.27. The van der Waals surface area contributed by atoms with E-state index in [0.717, 1.165) is 4.47 Å². The van der Waals surface area contributed by atoms with Crippen LogP contribution < -0.4 is 0 Å². The number of benzene rings is 1. The first-order chi connectivity index (χ1) is 9.29. The number of hydrogen-bond acceptors (Lipinski definition) is 3. The van der Waals surface area contributed by atoms with E-state index in [4.69, 9.17) is 5.11 Å². The molecular weight excluding hydrogens is 361 g/mol. The van der Waals surface area contributed by atoms with Gasteiger partial charge in [0, 0.05) is 21.7 Å². The number of aromatic carboxylic acids is 1. The average Bonchev–Trinajstić information content (AvgIpc) is 2.32. The summed E-state index contributed by atoms with van der Waals surface area (Å²) in [6.07, 6.45) is -3.90. The summed E-state index contributed by atoms with van der Waals surface area (Å²) >= 11 is 4.52. The monoisotopic (exact) mass is 372 g/mol. The number of carboxylic acids is 1. The van der Waals surface area contributed by atoms with E-state index < -0.39 is 18.8 Å². The topological polar surface area (TPSA) is 46.5 Å². The quantitative estimate of drug-likeness (QED) is 0.575. The maximum absolute atomic E-state index is 11.8. The number of hydrogen-bond donors (Lipinski definition) is 1. The van der Waals surface area contributed by atoms with Crippen molar-refractivity contribution in [2.24, 2.45) is 0 Å². The van der Waals surface area contributed by atoms with Gasteiger partial charge in [0.2, 0.25) is 0 Å². The van der Waals surface area contributed by atoms with Gasteiger partial charge in [-0.1, -0.05) is 15.9 Å². The van der Waals surface area contributed by atoms with Crippen molar-refractivity contribution >= 4 is 33.7 Å². The van der Waals surface area contributed by atoms with E-state index in [2.05, 4.69) is 20.7 Å². The Morgan fingerprint density at radius 1 is 1.40 bits per heavy atom. The molecule has 0 fully saturated rings. The molecule has 0 unspecified atom stereocenters. The molecular formula is C12H12BrF3O3S. The van der Waals surface area contributed by atoms with Crippen molar-refractivity contribution in [3.05, 3.63) is 28.2 Å². The highest BCUT2D eigenvalue weighted by atomic mass is 79.9. The molecule has 0 aromatic heterocycles. The second-order valence-corrected chi connectivity index (χ2v) is 5.87. The van der Waals surface area contributed by atoms with E-state index >= 15 is 0 Å². The minimum absolute atomic E-state index is 0.0110. The van der Waals surface area contributed by atoms with Crippen molar-refractivity contribution in [3.63, 3.8) is 0 Å². The molecule has 0 aliphatic carbocycles. The van der Waals surface area contributed by atoms with Gasteiger partial charge in [-0.3, -0.25) is 0 Å². The first kappa shape index (κ1) is 17.3. The summed E-state index contributed by atoms with van der Waals surface area (Å²) in [7, 11) is 0. The minimum Gasteiger partial charge on any atom is -0.478 e. The molecule has 0 aliphatic rings. The minimum atomic E-state index is -4.31. The van der Waals surface area contributed by atoms with Gasteiger partial charge < -0.3 is 9.84 Å². The lowest BCUT2D eigenvalue weighted by Gasteiger charge is -2.08. The van der Waals surface area contributed by atoms with E-state index in [1.165, 1.54) is 17.8 Å². The highest BCUT2D eigenvalue weighted by Gasteiger charge is 2.27. The van der Waals surface area contributed by atoms with Crippen LogP contribution in [-0.4, -0.2) is 36.2 Å². The van der Waals surface area contributed by atoms with Crippen LogP contribution in [0.15, 0.2) is 27.6 Å². The van der Waals surface area contributed by atoms with Crippen LogP contribution in [0, 0.1) is 0 Å². The number of thioether (sulfide) groups is 1. The molecule has 8 heteroatoms. The molecule has 0 bridgehead atoms. The second-order valence-electron chi connectivity index (χ2n) is 3.82. The van der Waals surface area contributed by atoms with Crippen LogP contribution in [0.1, 0.15) is 16.8 Å². The Labute approximate surface area is 126 Å². The molecule has 3 nitrogen and oxygen atoms in total. The first-order valence-electron chi connectivity index (χ1n) is 5.60. The van der Waals surface area contributed by atoms with Gasteiger partial charge in [0.05, 0.1) is 5.56 Å². The van der Waals surface area contributed by atoms with E-state index in [1.54, 1.807) is 12.1 Å². The summed E-state index contributed by atoms with van der Waals surface area (Å²) in [5.41, 5.74) is 0.175. The number of carboxylic acid groups (broad SMARTS) is 1. The third-order valence-corrected chi connectivity index (χ3v) is 3.77. The van der Waals surface area contributed by atoms with Crippen molar-refractivity contribution in [2.75, 3.05) is 19.0 Å². The molecule has 0 heterocycles. The second kappa shape index (κ2) is 7.90. The number of alkyl halides is 3. The first-order valence-corrected chi connectivity index (χ1v) is 7.37. The highest BCUT2D eigenvalue weighted by molar-refractivity contribution is 9.10. The zero-order valence-corrected chi connectivity index (χ0v) is 12.6.